The summed E-state index contributed by atoms with van der Waals surface area (Å²) in [5, 5.41) is 0.985. The van der Waals surface area contributed by atoms with Gasteiger partial charge in [0, 0.05) is 11.4 Å². The average molecular weight is 336 g/mol. The van der Waals surface area contributed by atoms with Crippen molar-refractivity contribution in [3.05, 3.63) is 35.4 Å². The second-order valence-corrected chi connectivity index (χ2v) is 7.97. The zero-order valence-electron chi connectivity index (χ0n) is 14.7. The highest BCUT2D eigenvalue weighted by Crippen LogP contribution is 2.57. The van der Waals surface area contributed by atoms with Crippen molar-refractivity contribution in [3.8, 4) is 0 Å². The first-order chi connectivity index (χ1) is 10.7. The van der Waals surface area contributed by atoms with E-state index in [-0.39, 0.29) is 17.2 Å². The van der Waals surface area contributed by atoms with E-state index in [4.69, 9.17) is 13.8 Å². The first-order valence-corrected chi connectivity index (χ1v) is 8.98. The van der Waals surface area contributed by atoms with E-state index >= 15 is 0 Å². The first-order valence-electron chi connectivity index (χ1n) is 7.80. The van der Waals surface area contributed by atoms with E-state index in [9.17, 15) is 4.79 Å². The minimum absolute atomic E-state index is 0.347. The molecule has 2 rings (SSSR count). The number of carbonyl (C=O) groups excluding carboxylic acids is 1. The maximum atomic E-state index is 11.6. The minimum atomic E-state index is -1.20. The number of rotatable bonds is 4. The Labute approximate surface area is 139 Å². The van der Waals surface area contributed by atoms with Gasteiger partial charge in [-0.2, -0.15) is 0 Å². The summed E-state index contributed by atoms with van der Waals surface area (Å²) < 4.78 is 17.3. The molecular formula is C18H25O4P. The maximum Gasteiger partial charge on any atom is 0.330 e. The van der Waals surface area contributed by atoms with Crippen LogP contribution in [0.25, 0.3) is 6.08 Å². The smallest absolute Gasteiger partial charge is 0.330 e. The fourth-order valence-corrected chi connectivity index (χ4v) is 4.22. The predicted octanol–water partition coefficient (Wildman–Crippen LogP) is 4.11. The summed E-state index contributed by atoms with van der Waals surface area (Å²) in [4.78, 5) is 11.6. The molecule has 0 spiro atoms. The van der Waals surface area contributed by atoms with Crippen molar-refractivity contribution in [2.45, 2.75) is 52.7 Å². The third-order valence-electron chi connectivity index (χ3n) is 4.14. The molecule has 5 heteroatoms. The molecule has 1 aromatic rings. The van der Waals surface area contributed by atoms with E-state index in [1.165, 1.54) is 6.08 Å². The molecule has 0 N–H and O–H groups in total. The maximum absolute atomic E-state index is 11.6. The largest absolute Gasteiger partial charge is 0.463 e. The highest BCUT2D eigenvalue weighted by Gasteiger charge is 2.50. The number of hydrogen-bond acceptors (Lipinski definition) is 4. The van der Waals surface area contributed by atoms with E-state index in [0.717, 1.165) is 16.4 Å². The Hall–Kier alpha value is -1.22. The van der Waals surface area contributed by atoms with E-state index < -0.39 is 8.38 Å². The van der Waals surface area contributed by atoms with Crippen LogP contribution in [0.3, 0.4) is 0 Å². The monoisotopic (exact) mass is 336 g/mol. The number of benzene rings is 1. The van der Waals surface area contributed by atoms with Crippen LogP contribution >= 0.6 is 8.38 Å². The number of carbonyl (C=O) groups is 1. The molecule has 0 unspecified atom stereocenters. The Morgan fingerprint density at radius 2 is 1.83 bits per heavy atom. The Bertz CT molecular complexity index is 603. The number of aryl methyl sites for hydroxylation is 1. The highest BCUT2D eigenvalue weighted by molar-refractivity contribution is 7.56. The molecule has 0 aromatic heterocycles. The quantitative estimate of drug-likeness (QED) is 0.471. The SMILES string of the molecule is CCOC(=O)/C=C/c1ccc(C)cc1P1OC(C)(C)C(C)(C)O1. The molecular weight excluding hydrogens is 311 g/mol. The summed E-state index contributed by atoms with van der Waals surface area (Å²) in [5.74, 6) is -0.347. The Balaban J connectivity index is 2.32. The van der Waals surface area contributed by atoms with Gasteiger partial charge in [0.25, 0.3) is 0 Å². The van der Waals surface area contributed by atoms with Gasteiger partial charge in [0.05, 0.1) is 17.8 Å². The molecule has 0 bridgehead atoms. The average Bonchev–Trinajstić information content (AvgIpc) is 2.66. The van der Waals surface area contributed by atoms with Crippen molar-refractivity contribution >= 4 is 25.7 Å². The molecule has 4 nitrogen and oxygen atoms in total. The summed E-state index contributed by atoms with van der Waals surface area (Å²) in [5.41, 5.74) is 1.31. The molecule has 1 aliphatic rings. The zero-order chi connectivity index (χ0) is 17.3. The van der Waals surface area contributed by atoms with Gasteiger partial charge in [-0.15, -0.1) is 0 Å². The van der Waals surface area contributed by atoms with E-state index in [0.29, 0.717) is 6.61 Å². The van der Waals surface area contributed by atoms with Crippen molar-refractivity contribution in [3.63, 3.8) is 0 Å². The van der Waals surface area contributed by atoms with Gasteiger partial charge < -0.3 is 13.8 Å². The standard InChI is InChI=1S/C18H25O4P/c1-7-20-16(19)11-10-14-9-8-13(2)12-15(14)23-21-17(3,4)18(5,6)22-23/h8-12H,7H2,1-6H3/b11-10+. The molecule has 126 valence electrons. The van der Waals surface area contributed by atoms with Crippen molar-refractivity contribution < 1.29 is 18.6 Å². The Kier molecular flexibility index (Phi) is 5.30. The summed E-state index contributed by atoms with van der Waals surface area (Å²) in [6.07, 6.45) is 3.21. The molecule has 1 fully saturated rings. The minimum Gasteiger partial charge on any atom is -0.463 e. The second-order valence-electron chi connectivity index (χ2n) is 6.61. The van der Waals surface area contributed by atoms with Crippen LogP contribution in [0, 0.1) is 6.92 Å². The summed E-state index contributed by atoms with van der Waals surface area (Å²) in [6.45, 7) is 12.4. The van der Waals surface area contributed by atoms with Crippen LogP contribution in [0.15, 0.2) is 24.3 Å². The number of ether oxygens (including phenoxy) is 1. The van der Waals surface area contributed by atoms with Crippen LogP contribution in [0.5, 0.6) is 0 Å². The van der Waals surface area contributed by atoms with Gasteiger partial charge in [-0.1, -0.05) is 17.7 Å². The van der Waals surface area contributed by atoms with Crippen molar-refractivity contribution in [2.75, 3.05) is 6.61 Å². The van der Waals surface area contributed by atoms with Gasteiger partial charge in [0.2, 0.25) is 8.38 Å². The lowest BCUT2D eigenvalue weighted by molar-refractivity contribution is -0.137. The lowest BCUT2D eigenvalue weighted by Crippen LogP contribution is -2.41. The molecule has 1 heterocycles. The van der Waals surface area contributed by atoms with Crippen molar-refractivity contribution in [2.24, 2.45) is 0 Å². The first kappa shape index (κ1) is 18.1. The van der Waals surface area contributed by atoms with Gasteiger partial charge in [-0.3, -0.25) is 0 Å². The number of hydrogen-bond donors (Lipinski definition) is 0. The van der Waals surface area contributed by atoms with Crippen LogP contribution in [-0.2, 0) is 18.6 Å². The van der Waals surface area contributed by atoms with E-state index in [1.54, 1.807) is 13.0 Å². The topological polar surface area (TPSA) is 44.8 Å². The van der Waals surface area contributed by atoms with Gasteiger partial charge in [-0.05, 0) is 59.2 Å². The fraction of sp³-hybridized carbons (Fsp3) is 0.500. The van der Waals surface area contributed by atoms with Gasteiger partial charge in [-0.25, -0.2) is 4.79 Å². The molecule has 0 amide bonds. The molecule has 1 aromatic carbocycles. The lowest BCUT2D eigenvalue weighted by Gasteiger charge is -2.29. The van der Waals surface area contributed by atoms with Crippen LogP contribution < -0.4 is 5.30 Å². The lowest BCUT2D eigenvalue weighted by atomic mass is 9.90. The molecule has 0 radical (unpaired) electrons. The molecule has 23 heavy (non-hydrogen) atoms. The van der Waals surface area contributed by atoms with E-state index in [2.05, 4.69) is 6.07 Å². The van der Waals surface area contributed by atoms with Gasteiger partial charge >= 0.3 is 5.97 Å². The predicted molar refractivity (Wildman–Crippen MR) is 93.7 cm³/mol. The third kappa shape index (κ3) is 4.00. The second kappa shape index (κ2) is 6.72. The summed E-state index contributed by atoms with van der Waals surface area (Å²) in [7, 11) is -1.20. The van der Waals surface area contributed by atoms with Crippen LogP contribution in [0.4, 0.5) is 0 Å². The zero-order valence-corrected chi connectivity index (χ0v) is 15.6. The summed E-state index contributed by atoms with van der Waals surface area (Å²) >= 11 is 0. The molecule has 0 aliphatic carbocycles. The summed E-state index contributed by atoms with van der Waals surface area (Å²) in [6, 6.07) is 6.05. The molecule has 1 aliphatic heterocycles. The van der Waals surface area contributed by atoms with Gasteiger partial charge in [0.1, 0.15) is 0 Å². The molecule has 0 atom stereocenters. The van der Waals surface area contributed by atoms with Crippen molar-refractivity contribution in [1.29, 1.82) is 0 Å². The molecule has 1 saturated heterocycles. The Morgan fingerprint density at radius 3 is 2.39 bits per heavy atom. The third-order valence-corrected chi connectivity index (χ3v) is 6.17. The normalized spacial score (nSPS) is 20.1. The molecule has 0 saturated carbocycles. The fourth-order valence-electron chi connectivity index (χ4n) is 2.05. The van der Waals surface area contributed by atoms with E-state index in [1.807, 2.05) is 46.8 Å². The Morgan fingerprint density at radius 1 is 1.22 bits per heavy atom. The van der Waals surface area contributed by atoms with Crippen molar-refractivity contribution in [1.82, 2.24) is 0 Å². The highest BCUT2D eigenvalue weighted by atomic mass is 31.2. The van der Waals surface area contributed by atoms with Crippen LogP contribution in [0.2, 0.25) is 0 Å². The van der Waals surface area contributed by atoms with Gasteiger partial charge in [0.15, 0.2) is 0 Å². The van der Waals surface area contributed by atoms with Crippen LogP contribution in [-0.4, -0.2) is 23.8 Å². The number of esters is 1. The van der Waals surface area contributed by atoms with Crippen LogP contribution in [0.1, 0.15) is 45.7 Å².